The Labute approximate surface area is 205 Å². The Balaban J connectivity index is 1.47. The summed E-state index contributed by atoms with van der Waals surface area (Å²) < 4.78 is 46.0. The van der Waals surface area contributed by atoms with Gasteiger partial charge in [0.1, 0.15) is 23.2 Å². The number of carbonyl (C=O) groups excluding carboxylic acids is 1. The number of benzene rings is 1. The summed E-state index contributed by atoms with van der Waals surface area (Å²) in [6.45, 7) is 1.05. The maximum absolute atomic E-state index is 15.3. The zero-order valence-electron chi connectivity index (χ0n) is 19.7. The van der Waals surface area contributed by atoms with E-state index in [9.17, 15) is 9.18 Å². The number of halogens is 2. The minimum absolute atomic E-state index is 0.0256. The van der Waals surface area contributed by atoms with E-state index in [1.807, 2.05) is 37.0 Å². The second-order valence-electron chi connectivity index (χ2n) is 9.05. The Morgan fingerprint density at radius 3 is 2.83 bits per heavy atom. The second kappa shape index (κ2) is 9.30. The lowest BCUT2D eigenvalue weighted by molar-refractivity contribution is 0.0554. The van der Waals surface area contributed by atoms with Crippen LogP contribution in [-0.4, -0.2) is 45.9 Å². The summed E-state index contributed by atoms with van der Waals surface area (Å²) in [6, 6.07) is 6.39. The molecule has 4 heterocycles. The fourth-order valence-corrected chi connectivity index (χ4v) is 5.02. The Hall–Kier alpha value is -3.86. The van der Waals surface area contributed by atoms with Crippen molar-refractivity contribution in [1.82, 2.24) is 14.5 Å². The Kier molecular flexibility index (Phi) is 6.17. The molecule has 1 aromatic carbocycles. The summed E-state index contributed by atoms with van der Waals surface area (Å²) in [5.41, 5.74) is 6.77. The highest BCUT2D eigenvalue weighted by atomic mass is 19.1. The lowest BCUT2D eigenvalue weighted by Gasteiger charge is -2.41. The lowest BCUT2D eigenvalue weighted by Crippen LogP contribution is -2.48. The van der Waals surface area contributed by atoms with Gasteiger partial charge in [0.05, 0.1) is 31.0 Å². The van der Waals surface area contributed by atoms with Gasteiger partial charge in [0.15, 0.2) is 5.78 Å². The van der Waals surface area contributed by atoms with E-state index in [-0.39, 0.29) is 48.4 Å². The molecule has 1 saturated heterocycles. The molecule has 2 aromatic heterocycles. The van der Waals surface area contributed by atoms with Crippen LogP contribution in [0.3, 0.4) is 0 Å². The number of ether oxygens (including phenoxy) is 3. The van der Waals surface area contributed by atoms with Gasteiger partial charge in [-0.25, -0.2) is 23.7 Å². The quantitative estimate of drug-likeness (QED) is 0.499. The highest BCUT2D eigenvalue weighted by molar-refractivity contribution is 5.95. The number of hydrogen-bond donors (Lipinski definition) is 1. The van der Waals surface area contributed by atoms with Crippen molar-refractivity contribution < 1.29 is 27.8 Å². The molecule has 0 bridgehead atoms. The number of alkyl halides is 1. The Morgan fingerprint density at radius 1 is 1.31 bits per heavy atom. The first-order valence-corrected chi connectivity index (χ1v) is 11.4. The van der Waals surface area contributed by atoms with E-state index in [0.717, 1.165) is 5.56 Å². The van der Waals surface area contributed by atoms with Crippen LogP contribution in [0.25, 0.3) is 0 Å². The zero-order valence-corrected chi connectivity index (χ0v) is 19.7. The van der Waals surface area contributed by atoms with Gasteiger partial charge in [0.2, 0.25) is 12.7 Å². The fourth-order valence-electron chi connectivity index (χ4n) is 5.02. The van der Waals surface area contributed by atoms with Crippen molar-refractivity contribution in [2.24, 2.45) is 23.7 Å². The third-order valence-electron chi connectivity index (χ3n) is 6.67. The smallest absolute Gasteiger partial charge is 0.283 e. The first-order chi connectivity index (χ1) is 17.3. The number of aromatic nitrogens is 3. The molecule has 1 fully saturated rings. The summed E-state index contributed by atoms with van der Waals surface area (Å²) in [6.07, 6.45) is 5.40. The SMILES string of the molecule is Cn1ccc(C2OC[C@H]3OC(N)=NC(C)(c4cc(CC(=O)c5cnc(OCF)cn5)ccc4F)C23)c1. The van der Waals surface area contributed by atoms with Gasteiger partial charge in [0.25, 0.3) is 6.02 Å². The number of aliphatic imine (C=N–C) groups is 1. The molecular formula is C25H25F2N5O4. The first-order valence-electron chi connectivity index (χ1n) is 11.4. The van der Waals surface area contributed by atoms with Crippen LogP contribution in [0.5, 0.6) is 5.88 Å². The van der Waals surface area contributed by atoms with Gasteiger partial charge in [-0.2, -0.15) is 0 Å². The van der Waals surface area contributed by atoms with Gasteiger partial charge in [-0.1, -0.05) is 6.07 Å². The van der Waals surface area contributed by atoms with E-state index in [1.54, 1.807) is 6.07 Å². The number of carbonyl (C=O) groups is 1. The molecule has 36 heavy (non-hydrogen) atoms. The topological polar surface area (TPSA) is 114 Å². The Bertz CT molecular complexity index is 1310. The number of nitrogens with two attached hydrogens (primary N) is 1. The molecule has 3 aromatic rings. The summed E-state index contributed by atoms with van der Waals surface area (Å²) in [5.74, 6) is -1.20. The number of Topliss-reactive ketones (excluding diaryl/α,β-unsaturated/α-hetero) is 1. The van der Waals surface area contributed by atoms with E-state index < -0.39 is 24.3 Å². The molecule has 3 unspecified atom stereocenters. The highest BCUT2D eigenvalue weighted by Gasteiger charge is 2.55. The minimum Gasteiger partial charge on any atom is -0.459 e. The molecule has 0 spiro atoms. The van der Waals surface area contributed by atoms with Crippen LogP contribution in [0.4, 0.5) is 8.78 Å². The van der Waals surface area contributed by atoms with Crippen LogP contribution in [0.2, 0.25) is 0 Å². The molecule has 11 heteroatoms. The van der Waals surface area contributed by atoms with E-state index in [1.165, 1.54) is 24.5 Å². The largest absolute Gasteiger partial charge is 0.459 e. The number of fused-ring (bicyclic) bond motifs is 1. The normalized spacial score (nSPS) is 25.1. The molecule has 5 rings (SSSR count). The van der Waals surface area contributed by atoms with Gasteiger partial charge in [-0.05, 0) is 36.2 Å². The highest BCUT2D eigenvalue weighted by Crippen LogP contribution is 2.51. The predicted molar refractivity (Wildman–Crippen MR) is 125 cm³/mol. The van der Waals surface area contributed by atoms with E-state index in [0.29, 0.717) is 11.1 Å². The minimum atomic E-state index is -1.11. The molecule has 0 aliphatic carbocycles. The fraction of sp³-hybridized carbons (Fsp3) is 0.360. The molecule has 188 valence electrons. The lowest BCUT2D eigenvalue weighted by atomic mass is 9.72. The van der Waals surface area contributed by atoms with Gasteiger partial charge in [-0.3, -0.25) is 4.79 Å². The summed E-state index contributed by atoms with van der Waals surface area (Å²) >= 11 is 0. The monoisotopic (exact) mass is 497 g/mol. The van der Waals surface area contributed by atoms with Crippen LogP contribution in [-0.2, 0) is 28.5 Å². The molecule has 0 radical (unpaired) electrons. The molecule has 0 amide bonds. The van der Waals surface area contributed by atoms with Gasteiger partial charge in [0, 0.05) is 31.4 Å². The number of rotatable bonds is 7. The van der Waals surface area contributed by atoms with Gasteiger partial charge >= 0.3 is 0 Å². The molecule has 2 aliphatic rings. The predicted octanol–water partition coefficient (Wildman–Crippen LogP) is 3.00. The van der Waals surface area contributed by atoms with Crippen molar-refractivity contribution in [1.29, 1.82) is 0 Å². The standard InChI is InChI=1S/C25H25F2N5O4/c1-25(22-20(36-24(28)31-25)12-34-23(22)15-5-6-32(2)11-15)16-7-14(3-4-17(16)27)8-19(33)18-9-30-21(10-29-18)35-13-26/h3-7,9-11,20,22-23H,8,12-13H2,1-2H3,(H2,28,31)/t20-,22?,23?,25?/m1/s1. The molecule has 9 nitrogen and oxygen atoms in total. The van der Waals surface area contributed by atoms with Crippen LogP contribution in [0.15, 0.2) is 54.0 Å². The maximum atomic E-state index is 15.3. The third-order valence-corrected chi connectivity index (χ3v) is 6.67. The summed E-state index contributed by atoms with van der Waals surface area (Å²) in [7, 11) is 1.91. The number of amidine groups is 1. The van der Waals surface area contributed by atoms with Gasteiger partial charge < -0.3 is 24.5 Å². The number of aryl methyl sites for hydroxylation is 1. The number of nitrogens with zero attached hydrogens (tertiary/aromatic N) is 4. The number of hydrogen-bond acceptors (Lipinski definition) is 8. The van der Waals surface area contributed by atoms with Crippen LogP contribution >= 0.6 is 0 Å². The molecule has 0 saturated carbocycles. The van der Waals surface area contributed by atoms with E-state index >= 15 is 4.39 Å². The van der Waals surface area contributed by atoms with Crippen LogP contribution < -0.4 is 10.5 Å². The van der Waals surface area contributed by atoms with E-state index in [2.05, 4.69) is 19.7 Å². The second-order valence-corrected chi connectivity index (χ2v) is 9.05. The van der Waals surface area contributed by atoms with Crippen molar-refractivity contribution in [3.05, 3.63) is 77.3 Å². The molecule has 4 atom stereocenters. The van der Waals surface area contributed by atoms with Crippen molar-refractivity contribution in [2.75, 3.05) is 13.5 Å². The summed E-state index contributed by atoms with van der Waals surface area (Å²) in [4.78, 5) is 25.2. The average molecular weight is 498 g/mol. The van der Waals surface area contributed by atoms with E-state index in [4.69, 9.17) is 15.2 Å². The first kappa shape index (κ1) is 23.9. The number of ketones is 1. The molecule has 2 aliphatic heterocycles. The van der Waals surface area contributed by atoms with Gasteiger partial charge in [-0.15, -0.1) is 0 Å². The molecule has 2 N–H and O–H groups in total. The van der Waals surface area contributed by atoms with Crippen molar-refractivity contribution >= 4 is 11.8 Å². The Morgan fingerprint density at radius 2 is 2.14 bits per heavy atom. The van der Waals surface area contributed by atoms with Crippen molar-refractivity contribution in [2.45, 2.75) is 31.1 Å². The average Bonchev–Trinajstić information content (AvgIpc) is 3.47. The third kappa shape index (κ3) is 4.30. The van der Waals surface area contributed by atoms with Crippen molar-refractivity contribution in [3.8, 4) is 5.88 Å². The maximum Gasteiger partial charge on any atom is 0.283 e. The van der Waals surface area contributed by atoms with Crippen LogP contribution in [0.1, 0.15) is 40.2 Å². The zero-order chi connectivity index (χ0) is 25.4. The molecular weight excluding hydrogens is 472 g/mol. The van der Waals surface area contributed by atoms with Crippen molar-refractivity contribution in [3.63, 3.8) is 0 Å². The summed E-state index contributed by atoms with van der Waals surface area (Å²) in [5, 5.41) is 0. The van der Waals surface area contributed by atoms with Crippen LogP contribution in [0, 0.1) is 11.7 Å².